The molecule has 3 saturated heterocycles. The highest BCUT2D eigenvalue weighted by atomic mass is 32.1. The second-order valence-corrected chi connectivity index (χ2v) is 22.7. The number of likely N-dealkylation sites (tertiary alicyclic amines) is 1. The first-order valence-corrected chi connectivity index (χ1v) is 28.2. The standard InChI is InChI=1S/C58H73FN12O5S/c1-39-54(77-38-63-39)41-22-20-40(21-23-41)34-62-56(75)47-33-44(72)36-70(47)57(76)55(58(2,3)4)65-52(73)19-9-7-5-6-8-10-26-60-53(74)37-67-28-30-68(31-29-67)50-18-12-16-45(64-50)48-35-61-49-24-25-51(66-71(48)49)69-27-13-17-46(69)42-14-11-15-43(59)32-42/h11-12,14-16,18,20-25,32,35,38,44,46-47,55,72H,5-10,13,17,19,26-31,33-34,36-37H2,1-4H3,(H,60,74)(H,62,75)(H,65,73)/t44-,46-,47+,55-/m1/s1. The first-order chi connectivity index (χ1) is 37.2. The Kier molecular flexibility index (Phi) is 17.9. The van der Waals surface area contributed by atoms with Crippen molar-refractivity contribution in [3.63, 3.8) is 0 Å². The number of aliphatic hydroxyl groups excluding tert-OH is 1. The van der Waals surface area contributed by atoms with Crippen molar-refractivity contribution in [1.29, 1.82) is 0 Å². The number of aliphatic hydroxyl groups is 1. The van der Waals surface area contributed by atoms with Crippen LogP contribution in [0.15, 0.2) is 90.6 Å². The molecule has 9 rings (SSSR count). The number of anilines is 2. The van der Waals surface area contributed by atoms with Crippen LogP contribution in [0, 0.1) is 18.2 Å². The van der Waals surface area contributed by atoms with Crippen molar-refractivity contribution in [2.24, 2.45) is 5.41 Å². The molecule has 2 aromatic carbocycles. The van der Waals surface area contributed by atoms with Gasteiger partial charge in [0.25, 0.3) is 0 Å². The van der Waals surface area contributed by atoms with E-state index in [-0.39, 0.29) is 61.4 Å². The minimum absolute atomic E-state index is 0.0206. The largest absolute Gasteiger partial charge is 0.391 e. The second kappa shape index (κ2) is 25.1. The zero-order valence-corrected chi connectivity index (χ0v) is 45.6. The summed E-state index contributed by atoms with van der Waals surface area (Å²) in [6, 6.07) is 23.1. The van der Waals surface area contributed by atoms with Crippen molar-refractivity contribution >= 4 is 52.2 Å². The summed E-state index contributed by atoms with van der Waals surface area (Å²) in [6.07, 6.45) is 8.64. The summed E-state index contributed by atoms with van der Waals surface area (Å²) < 4.78 is 16.0. The monoisotopic (exact) mass is 1070 g/mol. The van der Waals surface area contributed by atoms with Gasteiger partial charge in [0.1, 0.15) is 35.2 Å². The molecule has 0 bridgehead atoms. The molecule has 3 aliphatic heterocycles. The zero-order chi connectivity index (χ0) is 54.1. The molecule has 77 heavy (non-hydrogen) atoms. The summed E-state index contributed by atoms with van der Waals surface area (Å²) in [5.74, 6) is 0.540. The molecule has 17 nitrogen and oxygen atoms in total. The average molecular weight is 1070 g/mol. The van der Waals surface area contributed by atoms with Gasteiger partial charge in [-0.05, 0) is 91.1 Å². The van der Waals surface area contributed by atoms with Gasteiger partial charge < -0.3 is 35.8 Å². The summed E-state index contributed by atoms with van der Waals surface area (Å²) in [5.41, 5.74) is 7.36. The first-order valence-electron chi connectivity index (χ1n) is 27.3. The summed E-state index contributed by atoms with van der Waals surface area (Å²) in [7, 11) is 0. The number of rotatable bonds is 21. The maximum absolute atomic E-state index is 14.1. The number of carbonyl (C=O) groups excluding carboxylic acids is 4. The van der Waals surface area contributed by atoms with Crippen LogP contribution in [0.4, 0.5) is 16.0 Å². The summed E-state index contributed by atoms with van der Waals surface area (Å²) in [5, 5.41) is 24.7. The van der Waals surface area contributed by atoms with E-state index in [1.165, 1.54) is 11.0 Å². The van der Waals surface area contributed by atoms with E-state index in [4.69, 9.17) is 10.1 Å². The number of unbranched alkanes of at least 4 members (excludes halogenated alkanes) is 5. The lowest BCUT2D eigenvalue weighted by atomic mass is 9.85. The Bertz CT molecular complexity index is 2990. The predicted octanol–water partition coefficient (Wildman–Crippen LogP) is 7.48. The highest BCUT2D eigenvalue weighted by Gasteiger charge is 2.44. The molecular formula is C58H73FN12O5S. The molecule has 4 atom stereocenters. The van der Waals surface area contributed by atoms with Crippen LogP contribution in [0.1, 0.15) is 108 Å². The maximum Gasteiger partial charge on any atom is 0.246 e. The number of nitrogens with one attached hydrogen (secondary N) is 3. The SMILES string of the molecule is Cc1ncsc1-c1ccc(CNC(=O)[C@@H]2C[C@@H](O)CN2C(=O)[C@@H](NC(=O)CCCCCCCCNC(=O)CN2CCN(c3cccc(-c4cnc5ccc(N6CCC[C@@H]6c6cccc(F)c6)nn45)n3)CC2)C(C)(C)C)cc1. The van der Waals surface area contributed by atoms with E-state index in [1.54, 1.807) is 29.7 Å². The number of nitrogens with zero attached hydrogens (tertiary/aromatic N) is 9. The number of carbonyl (C=O) groups is 4. The molecule has 0 radical (unpaired) electrons. The number of hydrogen-bond donors (Lipinski definition) is 4. The third kappa shape index (κ3) is 13.8. The number of hydrogen-bond acceptors (Lipinski definition) is 13. The van der Waals surface area contributed by atoms with Gasteiger partial charge in [0.15, 0.2) is 5.65 Å². The fourth-order valence-electron chi connectivity index (χ4n) is 10.8. The Morgan fingerprint density at radius 3 is 2.36 bits per heavy atom. The topological polar surface area (TPSA) is 194 Å². The number of halogens is 1. The number of aryl methyl sites for hydroxylation is 1. The van der Waals surface area contributed by atoms with Gasteiger partial charge in [0.2, 0.25) is 23.6 Å². The van der Waals surface area contributed by atoms with Crippen LogP contribution in [0.2, 0.25) is 0 Å². The van der Waals surface area contributed by atoms with Gasteiger partial charge in [-0.3, -0.25) is 24.1 Å². The number of pyridine rings is 1. The molecule has 6 aromatic rings. The molecule has 4 amide bonds. The summed E-state index contributed by atoms with van der Waals surface area (Å²) in [6.45, 7) is 12.7. The number of imidazole rings is 1. The van der Waals surface area contributed by atoms with Crippen molar-refractivity contribution in [3.05, 3.63) is 113 Å². The number of piperazine rings is 1. The van der Waals surface area contributed by atoms with E-state index in [1.807, 2.05) is 98.4 Å². The van der Waals surface area contributed by atoms with Gasteiger partial charge >= 0.3 is 0 Å². The molecule has 7 heterocycles. The highest BCUT2D eigenvalue weighted by molar-refractivity contribution is 7.13. The lowest BCUT2D eigenvalue weighted by Gasteiger charge is -2.35. The molecule has 0 unspecified atom stereocenters. The van der Waals surface area contributed by atoms with Crippen molar-refractivity contribution in [2.75, 3.05) is 62.2 Å². The minimum Gasteiger partial charge on any atom is -0.391 e. The molecular weight excluding hydrogens is 996 g/mol. The van der Waals surface area contributed by atoms with Crippen molar-refractivity contribution in [3.8, 4) is 21.8 Å². The molecule has 0 spiro atoms. The third-order valence-electron chi connectivity index (χ3n) is 15.1. The number of aromatic nitrogens is 5. The first kappa shape index (κ1) is 54.9. The van der Waals surface area contributed by atoms with Crippen LogP contribution < -0.4 is 25.8 Å². The van der Waals surface area contributed by atoms with Crippen LogP contribution in [0.5, 0.6) is 0 Å². The van der Waals surface area contributed by atoms with Crippen molar-refractivity contribution in [2.45, 2.75) is 123 Å². The Morgan fingerprint density at radius 2 is 1.61 bits per heavy atom. The molecule has 408 valence electrons. The molecule has 4 aromatic heterocycles. The van der Waals surface area contributed by atoms with E-state index < -0.39 is 23.6 Å². The van der Waals surface area contributed by atoms with Crippen LogP contribution in [0.3, 0.4) is 0 Å². The molecule has 19 heteroatoms. The summed E-state index contributed by atoms with van der Waals surface area (Å²) >= 11 is 1.58. The van der Waals surface area contributed by atoms with Gasteiger partial charge in [-0.15, -0.1) is 16.4 Å². The Labute approximate surface area is 454 Å². The van der Waals surface area contributed by atoms with E-state index in [0.717, 1.165) is 134 Å². The molecule has 0 aliphatic carbocycles. The van der Waals surface area contributed by atoms with Gasteiger partial charge in [-0.2, -0.15) is 0 Å². The molecule has 3 fully saturated rings. The number of fused-ring (bicyclic) bond motifs is 1. The van der Waals surface area contributed by atoms with Crippen LogP contribution in [-0.4, -0.2) is 134 Å². The number of β-amino-alcohol motifs (C(OH)–C–C–N with tert-alkyl or cyclic N) is 1. The van der Waals surface area contributed by atoms with Crippen LogP contribution in [0.25, 0.3) is 27.5 Å². The maximum atomic E-state index is 14.1. The van der Waals surface area contributed by atoms with E-state index in [2.05, 4.69) is 40.6 Å². The minimum atomic E-state index is -0.867. The Hall–Kier alpha value is -6.83. The highest BCUT2D eigenvalue weighted by Crippen LogP contribution is 2.36. The van der Waals surface area contributed by atoms with Gasteiger partial charge in [0, 0.05) is 65.2 Å². The fraction of sp³-hybridized carbons (Fsp3) is 0.483. The van der Waals surface area contributed by atoms with Crippen molar-refractivity contribution in [1.82, 2.24) is 50.3 Å². The average Bonchev–Trinajstić information content (AvgIpc) is 4.27. The lowest BCUT2D eigenvalue weighted by molar-refractivity contribution is -0.144. The number of amides is 4. The normalized spacial score (nSPS) is 18.5. The molecule has 4 N–H and O–H groups in total. The van der Waals surface area contributed by atoms with Gasteiger partial charge in [-0.1, -0.05) is 88.9 Å². The lowest BCUT2D eigenvalue weighted by Crippen LogP contribution is -2.57. The zero-order valence-electron chi connectivity index (χ0n) is 44.8. The molecule has 3 aliphatic rings. The Morgan fingerprint density at radius 1 is 0.844 bits per heavy atom. The Balaban J connectivity index is 0.647. The van der Waals surface area contributed by atoms with E-state index >= 15 is 0 Å². The number of thiazole rings is 1. The summed E-state index contributed by atoms with van der Waals surface area (Å²) in [4.78, 5) is 76.9. The second-order valence-electron chi connectivity index (χ2n) is 21.8. The van der Waals surface area contributed by atoms with Crippen molar-refractivity contribution < 1.29 is 28.7 Å². The van der Waals surface area contributed by atoms with E-state index in [9.17, 15) is 28.7 Å². The van der Waals surface area contributed by atoms with Gasteiger partial charge in [0.05, 0.1) is 46.7 Å². The van der Waals surface area contributed by atoms with Crippen LogP contribution in [-0.2, 0) is 25.7 Å². The predicted molar refractivity (Wildman–Crippen MR) is 298 cm³/mol. The fourth-order valence-corrected chi connectivity index (χ4v) is 11.6. The van der Waals surface area contributed by atoms with Gasteiger partial charge in [-0.25, -0.2) is 23.9 Å². The quantitative estimate of drug-likeness (QED) is 0.0521. The molecule has 0 saturated carbocycles. The smallest absolute Gasteiger partial charge is 0.246 e. The third-order valence-corrected chi connectivity index (χ3v) is 16.0. The van der Waals surface area contributed by atoms with Crippen LogP contribution >= 0.6 is 11.3 Å². The van der Waals surface area contributed by atoms with E-state index in [0.29, 0.717) is 19.5 Å². The number of benzene rings is 2.